The molecular weight excluding hydrogens is 374 g/mol. The lowest BCUT2D eigenvalue weighted by molar-refractivity contribution is 0.0941. The molecule has 1 aromatic carbocycles. The van der Waals surface area contributed by atoms with E-state index in [-0.39, 0.29) is 23.5 Å². The van der Waals surface area contributed by atoms with E-state index in [2.05, 4.69) is 15.6 Å². The minimum Gasteiger partial charge on any atom is -0.370 e. The van der Waals surface area contributed by atoms with Gasteiger partial charge in [0, 0.05) is 23.8 Å². The number of nitrogens with one attached hydrogen (secondary N) is 2. The maximum absolute atomic E-state index is 12.2. The van der Waals surface area contributed by atoms with Crippen LogP contribution in [0.5, 0.6) is 0 Å². The number of anilines is 1. The minimum absolute atomic E-state index is 0.0104. The van der Waals surface area contributed by atoms with Gasteiger partial charge in [-0.2, -0.15) is 0 Å². The smallest absolute Gasteiger partial charge is 0.253 e. The van der Waals surface area contributed by atoms with Crippen LogP contribution in [0.4, 0.5) is 5.82 Å². The molecule has 138 valence electrons. The Labute approximate surface area is 157 Å². The number of hydrogen-bond acceptors (Lipinski definition) is 5. The molecule has 3 rings (SSSR count). The zero-order valence-electron chi connectivity index (χ0n) is 14.1. The van der Waals surface area contributed by atoms with E-state index in [0.29, 0.717) is 29.4 Å². The molecule has 1 amide bonds. The van der Waals surface area contributed by atoms with Crippen molar-refractivity contribution in [3.63, 3.8) is 0 Å². The van der Waals surface area contributed by atoms with E-state index in [9.17, 15) is 13.2 Å². The van der Waals surface area contributed by atoms with Gasteiger partial charge in [-0.15, -0.1) is 0 Å². The van der Waals surface area contributed by atoms with E-state index in [1.807, 2.05) is 24.3 Å². The first-order valence-corrected chi connectivity index (χ1v) is 10.6. The average molecular weight is 394 g/mol. The number of halogens is 1. The molecule has 1 aliphatic rings. The largest absolute Gasteiger partial charge is 0.370 e. The second kappa shape index (κ2) is 8.05. The van der Waals surface area contributed by atoms with Crippen molar-refractivity contribution in [3.8, 4) is 0 Å². The Bertz CT molecular complexity index is 868. The summed E-state index contributed by atoms with van der Waals surface area (Å²) >= 11 is 5.86. The molecule has 2 aromatic rings. The third-order valence-corrected chi connectivity index (χ3v) is 6.25. The maximum Gasteiger partial charge on any atom is 0.253 e. The zero-order chi connectivity index (χ0) is 18.6. The van der Waals surface area contributed by atoms with Crippen molar-refractivity contribution in [2.45, 2.75) is 18.9 Å². The molecule has 1 aliphatic heterocycles. The molecule has 1 fully saturated rings. The van der Waals surface area contributed by atoms with Crippen molar-refractivity contribution in [1.82, 2.24) is 10.3 Å². The highest BCUT2D eigenvalue weighted by atomic mass is 35.5. The molecule has 0 saturated carbocycles. The number of nitrogens with zero attached hydrogens (tertiary/aromatic N) is 1. The van der Waals surface area contributed by atoms with Crippen LogP contribution in [0, 0.1) is 0 Å². The van der Waals surface area contributed by atoms with E-state index < -0.39 is 9.84 Å². The summed E-state index contributed by atoms with van der Waals surface area (Å²) < 4.78 is 22.9. The molecule has 0 aliphatic carbocycles. The Kier molecular flexibility index (Phi) is 5.78. The number of carbonyl (C=O) groups excluding carboxylic acids is 1. The quantitative estimate of drug-likeness (QED) is 0.786. The van der Waals surface area contributed by atoms with E-state index in [4.69, 9.17) is 11.6 Å². The molecule has 1 unspecified atom stereocenters. The number of sulfone groups is 1. The van der Waals surface area contributed by atoms with Gasteiger partial charge in [-0.1, -0.05) is 23.7 Å². The van der Waals surface area contributed by atoms with Crippen molar-refractivity contribution in [2.24, 2.45) is 0 Å². The first kappa shape index (κ1) is 18.7. The molecule has 0 spiro atoms. The van der Waals surface area contributed by atoms with E-state index in [1.54, 1.807) is 12.1 Å². The van der Waals surface area contributed by atoms with Crippen LogP contribution in [0.25, 0.3) is 0 Å². The van der Waals surface area contributed by atoms with Gasteiger partial charge in [0.15, 0.2) is 9.84 Å². The third-order valence-electron chi connectivity index (χ3n) is 4.23. The molecule has 1 atom stereocenters. The standard InChI is InChI=1S/C18H20ClN3O3S/c19-15-4-1-13(2-5-15)7-9-20-17-6-3-14(11-21-17)18(23)22-16-8-10-26(24,25)12-16/h1-6,11,16H,7-10,12H2,(H,20,21)(H,22,23). The predicted octanol–water partition coefficient (Wildman–Crippen LogP) is 2.31. The Morgan fingerprint density at radius 3 is 2.58 bits per heavy atom. The number of aromatic nitrogens is 1. The van der Waals surface area contributed by atoms with Gasteiger partial charge >= 0.3 is 0 Å². The molecule has 2 N–H and O–H groups in total. The number of rotatable bonds is 6. The van der Waals surface area contributed by atoms with Crippen LogP contribution in [0.2, 0.25) is 5.02 Å². The zero-order valence-corrected chi connectivity index (χ0v) is 15.7. The maximum atomic E-state index is 12.2. The predicted molar refractivity (Wildman–Crippen MR) is 102 cm³/mol. The molecule has 0 bridgehead atoms. The van der Waals surface area contributed by atoms with Gasteiger partial charge < -0.3 is 10.6 Å². The van der Waals surface area contributed by atoms with Gasteiger partial charge in [-0.25, -0.2) is 13.4 Å². The van der Waals surface area contributed by atoms with Crippen LogP contribution in [0.15, 0.2) is 42.6 Å². The fourth-order valence-corrected chi connectivity index (χ4v) is 4.60. The van der Waals surface area contributed by atoms with E-state index in [0.717, 1.165) is 6.42 Å². The van der Waals surface area contributed by atoms with Crippen molar-refractivity contribution in [3.05, 3.63) is 58.7 Å². The Balaban J connectivity index is 1.48. The Hall–Kier alpha value is -2.12. The summed E-state index contributed by atoms with van der Waals surface area (Å²) in [6.07, 6.45) is 2.78. The SMILES string of the molecule is O=C(NC1CCS(=O)(=O)C1)c1ccc(NCCc2ccc(Cl)cc2)nc1. The van der Waals surface area contributed by atoms with Crippen LogP contribution in [-0.2, 0) is 16.3 Å². The first-order chi connectivity index (χ1) is 12.4. The molecule has 1 saturated heterocycles. The first-order valence-electron chi connectivity index (χ1n) is 8.37. The third kappa shape index (κ3) is 5.19. The molecule has 2 heterocycles. The molecule has 1 aromatic heterocycles. The van der Waals surface area contributed by atoms with Crippen LogP contribution in [0.3, 0.4) is 0 Å². The average Bonchev–Trinajstić information content (AvgIpc) is 2.96. The normalized spacial score (nSPS) is 18.4. The van der Waals surface area contributed by atoms with Crippen molar-refractivity contribution >= 4 is 33.2 Å². The Morgan fingerprint density at radius 1 is 1.19 bits per heavy atom. The number of amides is 1. The van der Waals surface area contributed by atoms with Crippen molar-refractivity contribution < 1.29 is 13.2 Å². The monoisotopic (exact) mass is 393 g/mol. The number of pyridine rings is 1. The van der Waals surface area contributed by atoms with Gasteiger partial charge in [0.25, 0.3) is 5.91 Å². The molecule has 0 radical (unpaired) electrons. The highest BCUT2D eigenvalue weighted by Crippen LogP contribution is 2.13. The molecule has 26 heavy (non-hydrogen) atoms. The van der Waals surface area contributed by atoms with Gasteiger partial charge in [-0.05, 0) is 42.7 Å². The van der Waals surface area contributed by atoms with Gasteiger partial charge in [0.2, 0.25) is 0 Å². The summed E-state index contributed by atoms with van der Waals surface area (Å²) in [4.78, 5) is 16.4. The number of carbonyl (C=O) groups is 1. The van der Waals surface area contributed by atoms with Gasteiger partial charge in [-0.3, -0.25) is 4.79 Å². The second-order valence-electron chi connectivity index (χ2n) is 6.31. The minimum atomic E-state index is -3.01. The summed E-state index contributed by atoms with van der Waals surface area (Å²) in [5.41, 5.74) is 1.59. The summed E-state index contributed by atoms with van der Waals surface area (Å²) in [6, 6.07) is 10.8. The second-order valence-corrected chi connectivity index (χ2v) is 8.97. The highest BCUT2D eigenvalue weighted by molar-refractivity contribution is 7.91. The van der Waals surface area contributed by atoms with Gasteiger partial charge in [0.1, 0.15) is 5.82 Å². The van der Waals surface area contributed by atoms with Crippen LogP contribution >= 0.6 is 11.6 Å². The molecular formula is C18H20ClN3O3S. The van der Waals surface area contributed by atoms with Crippen molar-refractivity contribution in [2.75, 3.05) is 23.4 Å². The van der Waals surface area contributed by atoms with Gasteiger partial charge in [0.05, 0.1) is 17.1 Å². The topological polar surface area (TPSA) is 88.2 Å². The van der Waals surface area contributed by atoms with Crippen LogP contribution < -0.4 is 10.6 Å². The van der Waals surface area contributed by atoms with Crippen molar-refractivity contribution in [1.29, 1.82) is 0 Å². The summed E-state index contributed by atoms with van der Waals surface area (Å²) in [5, 5.41) is 6.67. The summed E-state index contributed by atoms with van der Waals surface area (Å²) in [5.74, 6) is 0.523. The molecule has 8 heteroatoms. The number of hydrogen-bond donors (Lipinski definition) is 2. The fraction of sp³-hybridized carbons (Fsp3) is 0.333. The molecule has 6 nitrogen and oxygen atoms in total. The Morgan fingerprint density at radius 2 is 1.96 bits per heavy atom. The van der Waals surface area contributed by atoms with E-state index in [1.165, 1.54) is 11.8 Å². The lowest BCUT2D eigenvalue weighted by atomic mass is 10.1. The number of benzene rings is 1. The lowest BCUT2D eigenvalue weighted by Gasteiger charge is -2.11. The lowest BCUT2D eigenvalue weighted by Crippen LogP contribution is -2.35. The fourth-order valence-electron chi connectivity index (χ4n) is 2.80. The van der Waals surface area contributed by atoms with Crippen LogP contribution in [0.1, 0.15) is 22.3 Å². The highest BCUT2D eigenvalue weighted by Gasteiger charge is 2.29. The van der Waals surface area contributed by atoms with Crippen LogP contribution in [-0.4, -0.2) is 43.4 Å². The summed E-state index contributed by atoms with van der Waals surface area (Å²) in [6.45, 7) is 0.708. The van der Waals surface area contributed by atoms with E-state index >= 15 is 0 Å². The summed E-state index contributed by atoms with van der Waals surface area (Å²) in [7, 11) is -3.01.